The molecule has 0 atom stereocenters. The molecule has 8 aromatic rings. The zero-order valence-corrected chi connectivity index (χ0v) is 23.1. The third-order valence-electron chi connectivity index (χ3n) is 7.78. The molecule has 0 N–H and O–H groups in total. The second-order valence-electron chi connectivity index (χ2n) is 10.2. The van der Waals surface area contributed by atoms with E-state index in [1.165, 1.54) is 53.7 Å². The summed E-state index contributed by atoms with van der Waals surface area (Å²) < 4.78 is 5.03. The van der Waals surface area contributed by atoms with Gasteiger partial charge in [-0.25, -0.2) is 0 Å². The lowest BCUT2D eigenvalue weighted by Gasteiger charge is -2.26. The number of nitrogens with zero attached hydrogens (tertiary/aromatic N) is 2. The predicted octanol–water partition coefficient (Wildman–Crippen LogP) is 11.1. The molecule has 2 heterocycles. The largest absolute Gasteiger partial charge is 0.309 e. The minimum absolute atomic E-state index is 1.14. The van der Waals surface area contributed by atoms with Gasteiger partial charge in [0.1, 0.15) is 0 Å². The van der Waals surface area contributed by atoms with Crippen LogP contribution >= 0.6 is 11.3 Å². The quantitative estimate of drug-likeness (QED) is 0.210. The summed E-state index contributed by atoms with van der Waals surface area (Å²) in [5, 5.41) is 2.56. The van der Waals surface area contributed by atoms with Crippen molar-refractivity contribution in [2.24, 2.45) is 0 Å². The van der Waals surface area contributed by atoms with Crippen molar-refractivity contribution < 1.29 is 0 Å². The molecular weight excluding hydrogens is 516 g/mol. The van der Waals surface area contributed by atoms with Crippen LogP contribution in [0.5, 0.6) is 0 Å². The third kappa shape index (κ3) is 3.94. The van der Waals surface area contributed by atoms with Crippen LogP contribution in [0.4, 0.5) is 17.1 Å². The van der Waals surface area contributed by atoms with E-state index in [1.54, 1.807) is 0 Å². The van der Waals surface area contributed by atoms with Gasteiger partial charge in [-0.2, -0.15) is 0 Å². The Morgan fingerprint density at radius 3 is 1.78 bits per heavy atom. The van der Waals surface area contributed by atoms with Crippen molar-refractivity contribution >= 4 is 59.6 Å². The van der Waals surface area contributed by atoms with Gasteiger partial charge in [0.25, 0.3) is 0 Å². The van der Waals surface area contributed by atoms with Gasteiger partial charge in [-0.3, -0.25) is 0 Å². The molecule has 2 aromatic heterocycles. The minimum atomic E-state index is 1.14. The Morgan fingerprint density at radius 1 is 0.439 bits per heavy atom. The van der Waals surface area contributed by atoms with Crippen LogP contribution in [0.3, 0.4) is 0 Å². The number of benzene rings is 6. The summed E-state index contributed by atoms with van der Waals surface area (Å²) in [4.78, 5) is 2.39. The van der Waals surface area contributed by atoms with E-state index in [2.05, 4.69) is 167 Å². The second-order valence-corrected chi connectivity index (χ2v) is 11.2. The standard InChI is InChI=1S/C38H26N2S/c1-4-13-27(14-5-1)28-23-25-31(26-24-28)39(29-15-6-2-7-16-29)35-22-12-20-33-36-38(41-37(33)35)32-19-10-11-21-34(32)40(36)30-17-8-3-9-18-30/h1-26H. The maximum Gasteiger partial charge on any atom is 0.0728 e. The van der Waals surface area contributed by atoms with Crippen LogP contribution in [-0.4, -0.2) is 4.57 Å². The lowest BCUT2D eigenvalue weighted by Crippen LogP contribution is -2.09. The molecule has 8 rings (SSSR count). The first-order valence-electron chi connectivity index (χ1n) is 13.9. The van der Waals surface area contributed by atoms with Crippen molar-refractivity contribution in [3.8, 4) is 16.8 Å². The lowest BCUT2D eigenvalue weighted by atomic mass is 10.0. The summed E-state index contributed by atoms with van der Waals surface area (Å²) >= 11 is 1.89. The van der Waals surface area contributed by atoms with Gasteiger partial charge in [0.2, 0.25) is 0 Å². The Labute approximate surface area is 243 Å². The van der Waals surface area contributed by atoms with Crippen LogP contribution in [0.25, 0.3) is 48.0 Å². The number of rotatable bonds is 5. The van der Waals surface area contributed by atoms with E-state index in [0.717, 1.165) is 11.4 Å². The Bertz CT molecular complexity index is 2120. The fourth-order valence-electron chi connectivity index (χ4n) is 5.94. The average Bonchev–Trinajstić information content (AvgIpc) is 3.58. The molecule has 194 valence electrons. The fraction of sp³-hybridized carbons (Fsp3) is 0. The molecule has 0 saturated carbocycles. The van der Waals surface area contributed by atoms with Gasteiger partial charge >= 0.3 is 0 Å². The zero-order chi connectivity index (χ0) is 27.2. The van der Waals surface area contributed by atoms with Crippen molar-refractivity contribution in [1.82, 2.24) is 4.57 Å². The Balaban J connectivity index is 1.38. The molecule has 0 unspecified atom stereocenters. The number of thiophene rings is 1. The van der Waals surface area contributed by atoms with Crippen LogP contribution in [-0.2, 0) is 0 Å². The predicted molar refractivity (Wildman–Crippen MR) is 176 cm³/mol. The van der Waals surface area contributed by atoms with Crippen molar-refractivity contribution in [3.63, 3.8) is 0 Å². The van der Waals surface area contributed by atoms with Gasteiger partial charge in [-0.05, 0) is 59.7 Å². The summed E-state index contributed by atoms with van der Waals surface area (Å²) in [5.74, 6) is 0. The van der Waals surface area contributed by atoms with Gasteiger partial charge in [0, 0.05) is 27.8 Å². The summed E-state index contributed by atoms with van der Waals surface area (Å²) in [6.07, 6.45) is 0. The number of aromatic nitrogens is 1. The second kappa shape index (κ2) is 9.81. The monoisotopic (exact) mass is 542 g/mol. The van der Waals surface area contributed by atoms with E-state index in [4.69, 9.17) is 0 Å². The molecule has 0 spiro atoms. The van der Waals surface area contributed by atoms with E-state index in [0.29, 0.717) is 0 Å². The van der Waals surface area contributed by atoms with Crippen LogP contribution in [0.2, 0.25) is 0 Å². The average molecular weight is 543 g/mol. The number of fused-ring (bicyclic) bond motifs is 5. The van der Waals surface area contributed by atoms with E-state index in [9.17, 15) is 0 Å². The van der Waals surface area contributed by atoms with Gasteiger partial charge in [0.05, 0.1) is 26.1 Å². The zero-order valence-electron chi connectivity index (χ0n) is 22.3. The maximum atomic E-state index is 2.43. The maximum absolute atomic E-state index is 2.43. The molecule has 0 saturated heterocycles. The normalized spacial score (nSPS) is 11.4. The van der Waals surface area contributed by atoms with Crippen LogP contribution in [0, 0.1) is 0 Å². The fourth-order valence-corrected chi connectivity index (χ4v) is 7.26. The van der Waals surface area contributed by atoms with E-state index >= 15 is 0 Å². The van der Waals surface area contributed by atoms with Crippen molar-refractivity contribution in [1.29, 1.82) is 0 Å². The van der Waals surface area contributed by atoms with Gasteiger partial charge in [-0.1, -0.05) is 109 Å². The van der Waals surface area contributed by atoms with E-state index < -0.39 is 0 Å². The smallest absolute Gasteiger partial charge is 0.0728 e. The van der Waals surface area contributed by atoms with E-state index in [1.807, 2.05) is 11.3 Å². The first kappa shape index (κ1) is 23.7. The SMILES string of the molecule is c1ccc(-c2ccc(N(c3ccccc3)c3cccc4c3sc3c5ccccc5n(-c5ccccc5)c43)cc2)cc1. The lowest BCUT2D eigenvalue weighted by molar-refractivity contribution is 1.19. The van der Waals surface area contributed by atoms with Crippen molar-refractivity contribution in [3.05, 3.63) is 158 Å². The molecule has 3 heteroatoms. The topological polar surface area (TPSA) is 8.17 Å². The van der Waals surface area contributed by atoms with Crippen LogP contribution in [0.1, 0.15) is 0 Å². The van der Waals surface area contributed by atoms with Gasteiger partial charge < -0.3 is 9.47 Å². The highest BCUT2D eigenvalue weighted by atomic mass is 32.1. The number of hydrogen-bond donors (Lipinski definition) is 0. The molecule has 0 radical (unpaired) electrons. The van der Waals surface area contributed by atoms with Crippen molar-refractivity contribution in [2.75, 3.05) is 4.90 Å². The molecule has 0 aliphatic heterocycles. The molecule has 6 aromatic carbocycles. The summed E-state index contributed by atoms with van der Waals surface area (Å²) in [6, 6.07) is 56.4. The molecule has 41 heavy (non-hydrogen) atoms. The highest BCUT2D eigenvalue weighted by Crippen LogP contribution is 2.48. The minimum Gasteiger partial charge on any atom is -0.309 e. The Kier molecular flexibility index (Phi) is 5.68. The molecule has 0 fully saturated rings. The van der Waals surface area contributed by atoms with Gasteiger partial charge in [-0.15, -0.1) is 11.3 Å². The molecule has 0 bridgehead atoms. The van der Waals surface area contributed by atoms with Crippen LogP contribution < -0.4 is 4.90 Å². The Hall–Kier alpha value is -5.12. The summed E-state index contributed by atoms with van der Waals surface area (Å²) in [5.41, 5.74) is 9.59. The summed E-state index contributed by atoms with van der Waals surface area (Å²) in [7, 11) is 0. The van der Waals surface area contributed by atoms with Gasteiger partial charge in [0.15, 0.2) is 0 Å². The molecular formula is C38H26N2S. The number of hydrogen-bond acceptors (Lipinski definition) is 2. The highest BCUT2D eigenvalue weighted by molar-refractivity contribution is 7.27. The van der Waals surface area contributed by atoms with Crippen molar-refractivity contribution in [2.45, 2.75) is 0 Å². The highest BCUT2D eigenvalue weighted by Gasteiger charge is 2.22. The van der Waals surface area contributed by atoms with E-state index in [-0.39, 0.29) is 0 Å². The number of para-hydroxylation sites is 3. The first-order chi connectivity index (χ1) is 20.4. The summed E-state index contributed by atoms with van der Waals surface area (Å²) in [6.45, 7) is 0. The Morgan fingerprint density at radius 2 is 1.02 bits per heavy atom. The first-order valence-corrected chi connectivity index (χ1v) is 14.7. The molecule has 0 aliphatic carbocycles. The third-order valence-corrected chi connectivity index (χ3v) is 9.03. The van der Waals surface area contributed by atoms with Crippen LogP contribution in [0.15, 0.2) is 158 Å². The molecule has 2 nitrogen and oxygen atoms in total. The molecule has 0 amide bonds. The molecule has 0 aliphatic rings. The number of anilines is 3.